The van der Waals surface area contributed by atoms with Crippen molar-refractivity contribution in [2.75, 3.05) is 19.0 Å². The number of thioether (sulfide) groups is 1. The van der Waals surface area contributed by atoms with Crippen molar-refractivity contribution in [3.8, 4) is 0 Å². The smallest absolute Gasteiger partial charge is 0.466 e. The lowest BCUT2D eigenvalue weighted by Crippen LogP contribution is -2.64. The number of rotatable bonds is 39. The van der Waals surface area contributed by atoms with Crippen LogP contribution in [0.1, 0.15) is 187 Å². The van der Waals surface area contributed by atoms with Crippen LogP contribution in [0.5, 0.6) is 0 Å². The van der Waals surface area contributed by atoms with Crippen molar-refractivity contribution in [3.05, 3.63) is 0 Å². The molecule has 0 bridgehead atoms. The molecule has 0 amide bonds. The first kappa shape index (κ1) is 59.0. The predicted octanol–water partition coefficient (Wildman–Crippen LogP) is 7.71. The summed E-state index contributed by atoms with van der Waals surface area (Å²) in [6.45, 7) is 3.47. The molecule has 8 atom stereocenters. The molecule has 1 saturated carbocycles. The molecule has 20 heteroatoms. The molecule has 17 nitrogen and oxygen atoms in total. The molecular formula is C42H80O17P2S. The van der Waals surface area contributed by atoms with Gasteiger partial charge in [-0.15, -0.1) is 0 Å². The van der Waals surface area contributed by atoms with Gasteiger partial charge in [0.2, 0.25) is 0 Å². The Morgan fingerprint density at radius 2 is 1.02 bits per heavy atom. The first-order valence-corrected chi connectivity index (χ1v) is 27.1. The second kappa shape index (κ2) is 35.2. The fourth-order valence-corrected chi connectivity index (χ4v) is 9.59. The Morgan fingerprint density at radius 3 is 1.52 bits per heavy atom. The Bertz CT molecular complexity index is 1290. The third-order valence-corrected chi connectivity index (χ3v) is 13.2. The van der Waals surface area contributed by atoms with Gasteiger partial charge in [-0.25, -0.2) is 9.13 Å². The molecule has 1 fully saturated rings. The lowest BCUT2D eigenvalue weighted by Gasteiger charge is -2.43. The summed E-state index contributed by atoms with van der Waals surface area (Å²) in [4.78, 5) is 66.0. The van der Waals surface area contributed by atoms with E-state index >= 15 is 0 Å². The van der Waals surface area contributed by atoms with Crippen LogP contribution in [0.25, 0.3) is 0 Å². The quantitative estimate of drug-likeness (QED) is 0.0176. The van der Waals surface area contributed by atoms with Crippen LogP contribution < -0.4 is 0 Å². The molecule has 1 aliphatic rings. The van der Waals surface area contributed by atoms with E-state index in [2.05, 4.69) is 11.4 Å². The Labute approximate surface area is 374 Å². The summed E-state index contributed by atoms with van der Waals surface area (Å²) >= 11 is 1.44. The van der Waals surface area contributed by atoms with Crippen molar-refractivity contribution in [1.82, 2.24) is 0 Å². The second-order valence-electron chi connectivity index (χ2n) is 16.4. The number of phosphoric ester groups is 2. The minimum Gasteiger partial charge on any atom is -0.466 e. The van der Waals surface area contributed by atoms with Crippen molar-refractivity contribution in [3.63, 3.8) is 0 Å². The van der Waals surface area contributed by atoms with E-state index in [0.717, 1.165) is 95.6 Å². The molecular weight excluding hydrogens is 870 g/mol. The van der Waals surface area contributed by atoms with Crippen molar-refractivity contribution < 1.29 is 81.7 Å². The summed E-state index contributed by atoms with van der Waals surface area (Å²) in [6.07, 6.45) is 10.9. The molecule has 4 unspecified atom stereocenters. The lowest BCUT2D eigenvalue weighted by atomic mass is 9.85. The Hall–Kier alpha value is -0.980. The van der Waals surface area contributed by atoms with Gasteiger partial charge in [-0.05, 0) is 25.7 Å². The number of hydrogen-bond donors (Lipinski definition) is 7. The average Bonchev–Trinajstić information content (AvgIpc) is 3.21. The van der Waals surface area contributed by atoms with E-state index in [1.54, 1.807) is 0 Å². The SMILES string of the molecule is CCCCCCCCCCCCCCCC(=O)O[C@@H](COP(=O)(O)OC1C(O)[C@H](OP(=O)(O)O)C(O)[C@H](O)[C@@H]1O)CC(=O)OCCCCCCCCCCCCSC(=O)CCC. The van der Waals surface area contributed by atoms with E-state index < -0.39 is 83.3 Å². The number of unbranched alkanes of at least 4 members (excludes halogenated alkanes) is 21. The number of carbonyl (C=O) groups is 3. The minimum absolute atomic E-state index is 0.0265. The summed E-state index contributed by atoms with van der Waals surface area (Å²) < 4.78 is 49.3. The summed E-state index contributed by atoms with van der Waals surface area (Å²) in [5.74, 6) is -0.528. The highest BCUT2D eigenvalue weighted by molar-refractivity contribution is 8.13. The van der Waals surface area contributed by atoms with E-state index in [4.69, 9.17) is 28.3 Å². The zero-order chi connectivity index (χ0) is 46.2. The first-order chi connectivity index (χ1) is 29.5. The number of carbonyl (C=O) groups excluding carboxylic acids is 3. The summed E-state index contributed by atoms with van der Waals surface area (Å²) in [6, 6.07) is 0. The van der Waals surface area contributed by atoms with Crippen LogP contribution in [0.2, 0.25) is 0 Å². The van der Waals surface area contributed by atoms with Gasteiger partial charge in [0.15, 0.2) is 5.12 Å². The van der Waals surface area contributed by atoms with Crippen LogP contribution in [0.4, 0.5) is 0 Å². The number of ether oxygens (including phenoxy) is 2. The highest BCUT2D eigenvalue weighted by Gasteiger charge is 2.54. The van der Waals surface area contributed by atoms with Gasteiger partial charge in [0.05, 0.1) is 19.6 Å². The molecule has 0 radical (unpaired) electrons. The molecule has 0 aromatic carbocycles. The molecule has 0 spiro atoms. The fourth-order valence-electron chi connectivity index (χ4n) is 7.13. The van der Waals surface area contributed by atoms with Crippen LogP contribution in [0.3, 0.4) is 0 Å². The van der Waals surface area contributed by atoms with Crippen LogP contribution >= 0.6 is 27.4 Å². The number of phosphoric acid groups is 2. The van der Waals surface area contributed by atoms with Gasteiger partial charge in [0, 0.05) is 18.6 Å². The fraction of sp³-hybridized carbons (Fsp3) is 0.929. The summed E-state index contributed by atoms with van der Waals surface area (Å²) in [7, 11) is -10.7. The first-order valence-electron chi connectivity index (χ1n) is 23.1. The second-order valence-corrected chi connectivity index (χ2v) is 20.1. The summed E-state index contributed by atoms with van der Waals surface area (Å²) in [5, 5.41) is 41.5. The predicted molar refractivity (Wildman–Crippen MR) is 236 cm³/mol. The zero-order valence-corrected chi connectivity index (χ0v) is 39.9. The molecule has 0 aromatic heterocycles. The molecule has 0 saturated heterocycles. The monoisotopic (exact) mass is 950 g/mol. The minimum atomic E-state index is -5.37. The van der Waals surface area contributed by atoms with E-state index in [-0.39, 0.29) is 18.1 Å². The third kappa shape index (κ3) is 29.5. The standard InChI is InChI=1S/C42H80O17P2S/c1-3-5-6-7-8-9-10-11-12-15-18-21-24-28-34(43)57-33(31-35(44)55-29-25-22-19-16-13-14-17-20-23-26-30-62-36(45)27-4-2)32-56-61(53,54)59-42-39(48)37(46)38(47)41(40(42)49)58-60(50,51)52/h33,37-42,46-49H,3-32H2,1-2H3,(H,53,54)(H2,50,51,52)/t33-,37+,38?,39+,40?,41-,42?/m1/s1. The Kier molecular flexibility index (Phi) is 33.6. The number of esters is 2. The zero-order valence-electron chi connectivity index (χ0n) is 37.3. The van der Waals surface area contributed by atoms with Gasteiger partial charge in [-0.1, -0.05) is 154 Å². The van der Waals surface area contributed by atoms with Gasteiger partial charge in [-0.2, -0.15) is 0 Å². The van der Waals surface area contributed by atoms with Crippen molar-refractivity contribution in [1.29, 1.82) is 0 Å². The number of hydrogen-bond acceptors (Lipinski definition) is 15. The maximum Gasteiger partial charge on any atom is 0.472 e. The van der Waals surface area contributed by atoms with Crippen molar-refractivity contribution >= 4 is 44.5 Å². The molecule has 1 rings (SSSR count). The molecule has 0 aromatic rings. The largest absolute Gasteiger partial charge is 0.472 e. The van der Waals surface area contributed by atoms with Gasteiger partial charge >= 0.3 is 27.6 Å². The van der Waals surface area contributed by atoms with Gasteiger partial charge < -0.3 is 44.6 Å². The van der Waals surface area contributed by atoms with Crippen LogP contribution in [0, 0.1) is 0 Å². The van der Waals surface area contributed by atoms with E-state index in [1.807, 2.05) is 6.92 Å². The third-order valence-electron chi connectivity index (χ3n) is 10.7. The van der Waals surface area contributed by atoms with Crippen molar-refractivity contribution in [2.24, 2.45) is 0 Å². The van der Waals surface area contributed by atoms with Crippen LogP contribution in [0.15, 0.2) is 0 Å². The van der Waals surface area contributed by atoms with Crippen LogP contribution in [-0.4, -0.2) is 114 Å². The topological polar surface area (TPSA) is 273 Å². The average molecular weight is 951 g/mol. The van der Waals surface area contributed by atoms with Gasteiger partial charge in [-0.3, -0.25) is 28.0 Å². The normalized spacial score (nSPS) is 22.0. The Balaban J connectivity index is 2.58. The van der Waals surface area contributed by atoms with Crippen molar-refractivity contribution in [2.45, 2.75) is 230 Å². The highest BCUT2D eigenvalue weighted by Crippen LogP contribution is 2.49. The van der Waals surface area contributed by atoms with E-state index in [9.17, 15) is 48.8 Å². The molecule has 0 aliphatic heterocycles. The van der Waals surface area contributed by atoms with Crippen LogP contribution in [-0.2, 0) is 46.6 Å². The van der Waals surface area contributed by atoms with Gasteiger partial charge in [0.25, 0.3) is 0 Å². The lowest BCUT2D eigenvalue weighted by molar-refractivity contribution is -0.216. The van der Waals surface area contributed by atoms with Gasteiger partial charge in [0.1, 0.15) is 42.7 Å². The number of aliphatic hydroxyl groups excluding tert-OH is 4. The maximum absolute atomic E-state index is 13.0. The molecule has 0 heterocycles. The maximum atomic E-state index is 13.0. The highest BCUT2D eigenvalue weighted by atomic mass is 32.2. The molecule has 7 N–H and O–H groups in total. The number of aliphatic hydroxyl groups is 4. The Morgan fingerprint density at radius 1 is 0.548 bits per heavy atom. The summed E-state index contributed by atoms with van der Waals surface area (Å²) in [5.41, 5.74) is 0. The molecule has 366 valence electrons. The van der Waals surface area contributed by atoms with E-state index in [0.29, 0.717) is 19.3 Å². The molecule has 1 aliphatic carbocycles. The molecule has 62 heavy (non-hydrogen) atoms. The van der Waals surface area contributed by atoms with E-state index in [1.165, 1.54) is 63.1 Å².